The van der Waals surface area contributed by atoms with Crippen LogP contribution in [0.2, 0.25) is 0 Å². The van der Waals surface area contributed by atoms with Gasteiger partial charge in [0.2, 0.25) is 0 Å². The Morgan fingerprint density at radius 3 is 0.767 bits per heavy atom. The first-order chi connectivity index (χ1) is 14.2. The van der Waals surface area contributed by atoms with E-state index in [-0.39, 0.29) is 0 Å². The van der Waals surface area contributed by atoms with E-state index in [9.17, 15) is 0 Å². The number of quaternary nitrogens is 1. The van der Waals surface area contributed by atoms with Gasteiger partial charge in [-0.3, -0.25) is 13.7 Å². The molecule has 0 saturated heterocycles. The molecule has 0 N–H and O–H groups in total. The predicted octanol–water partition coefficient (Wildman–Crippen LogP) is 0.372. The average molecular weight is 546 g/mol. The van der Waals surface area contributed by atoms with Gasteiger partial charge in [0, 0.05) is 0 Å². The van der Waals surface area contributed by atoms with Gasteiger partial charge in [0.15, 0.2) is 0 Å². The largest absolute Gasteiger partial charge is 0.324 e. The normalized spacial score (nSPS) is 12.0. The summed E-state index contributed by atoms with van der Waals surface area (Å²) in [7, 11) is 0. The molecule has 0 aromatic carbocycles. The molecule has 0 aromatic heterocycles. The molecule has 0 aromatic rings. The topological polar surface area (TPSA) is 92.2 Å². The van der Waals surface area contributed by atoms with Crippen LogP contribution in [0.25, 0.3) is 0 Å². The maximum atomic E-state index is 8.62. The van der Waals surface area contributed by atoms with Crippen LogP contribution in [0.4, 0.5) is 0 Å². The molecule has 30 heavy (non-hydrogen) atoms. The summed E-state index contributed by atoms with van der Waals surface area (Å²) < 4.78 is 35.9. The molecule has 0 amide bonds. The number of nitrogens with zero attached hydrogens (tertiary/aromatic N) is 1. The third kappa shape index (κ3) is 26.6. The lowest BCUT2D eigenvalue weighted by molar-refractivity contribution is -2.00. The lowest BCUT2D eigenvalue weighted by Crippen LogP contribution is -4.29. The highest BCUT2D eigenvalue weighted by molar-refractivity contribution is 4.53. The second kappa shape index (κ2) is 22.7. The van der Waals surface area contributed by atoms with Crippen molar-refractivity contribution in [2.24, 2.45) is 0 Å². The van der Waals surface area contributed by atoms with E-state index < -0.39 is 20.1 Å². The lowest BCUT2D eigenvalue weighted by atomic mass is 10.1. The summed E-state index contributed by atoms with van der Waals surface area (Å²) in [6, 6.07) is 0. The van der Waals surface area contributed by atoms with Crippen LogP contribution in [0, 0.1) is 0 Å². The summed E-state index contributed by atoms with van der Waals surface area (Å²) in [5.41, 5.74) is 0. The Balaban J connectivity index is 0. The molecule has 0 fully saturated rings. The molecule has 0 aliphatic carbocycles. The summed E-state index contributed by atoms with van der Waals surface area (Å²) in [4.78, 5) is 0. The zero-order valence-electron chi connectivity index (χ0n) is 20.6. The summed E-state index contributed by atoms with van der Waals surface area (Å²) >= 11 is -5.94. The molecule has 184 valence electrons. The maximum Gasteiger partial charge on any atom is 0.144 e. The SMILES string of the molecule is CCCCCC[N+](CCCCCC)(CCCCCC)CCCCCC.[O-][I+3]([O-])([O-])[O-]. The highest BCUT2D eigenvalue weighted by Gasteiger charge is 2.25. The molecule has 0 rings (SSSR count). The summed E-state index contributed by atoms with van der Waals surface area (Å²) in [5, 5.41) is 0. The maximum absolute atomic E-state index is 8.62. The first-order valence-electron chi connectivity index (χ1n) is 12.7. The van der Waals surface area contributed by atoms with Gasteiger partial charge in [0.1, 0.15) is 20.1 Å². The minimum Gasteiger partial charge on any atom is -0.324 e. The van der Waals surface area contributed by atoms with Crippen LogP contribution in [0.3, 0.4) is 0 Å². The molecule has 0 spiro atoms. The van der Waals surface area contributed by atoms with Gasteiger partial charge in [0.05, 0.1) is 26.2 Å². The van der Waals surface area contributed by atoms with Crippen molar-refractivity contribution in [3.63, 3.8) is 0 Å². The van der Waals surface area contributed by atoms with E-state index in [0.29, 0.717) is 0 Å². The number of unbranched alkanes of at least 4 members (excludes halogenated alkanes) is 12. The fraction of sp³-hybridized carbons (Fsp3) is 1.00. The van der Waals surface area contributed by atoms with Crippen molar-refractivity contribution in [1.29, 1.82) is 0 Å². The van der Waals surface area contributed by atoms with Crippen molar-refractivity contribution >= 4 is 0 Å². The van der Waals surface area contributed by atoms with Crippen LogP contribution < -0.4 is 33.8 Å². The third-order valence-corrected chi connectivity index (χ3v) is 5.94. The second-order valence-electron chi connectivity index (χ2n) is 8.86. The second-order valence-corrected chi connectivity index (χ2v) is 11.0. The smallest absolute Gasteiger partial charge is 0.144 e. The standard InChI is InChI=1S/C24H52N.IO4/c1-5-9-13-17-21-25(22-18-14-10-6-2,23-19-15-11-7-3)24-20-16-12-8-4;2-1(3,4)5/h5-24H2,1-4H3;/q+1;-1. The number of halogens is 1. The van der Waals surface area contributed by atoms with Gasteiger partial charge in [0.25, 0.3) is 0 Å². The molecule has 5 nitrogen and oxygen atoms in total. The van der Waals surface area contributed by atoms with E-state index in [0.717, 1.165) is 0 Å². The van der Waals surface area contributed by atoms with E-state index >= 15 is 0 Å². The minimum absolute atomic E-state index is 1.36. The minimum atomic E-state index is -5.94. The Morgan fingerprint density at radius 1 is 0.400 bits per heavy atom. The number of hydrogen-bond acceptors (Lipinski definition) is 4. The Bertz CT molecular complexity index is 278. The average Bonchev–Trinajstić information content (AvgIpc) is 2.68. The molecule has 0 unspecified atom stereocenters. The van der Waals surface area contributed by atoms with E-state index in [4.69, 9.17) is 13.7 Å². The van der Waals surface area contributed by atoms with Crippen LogP contribution in [-0.4, -0.2) is 30.7 Å². The Morgan fingerprint density at radius 2 is 0.600 bits per heavy atom. The highest BCUT2D eigenvalue weighted by Crippen LogP contribution is 2.19. The van der Waals surface area contributed by atoms with Crippen LogP contribution >= 0.6 is 0 Å². The molecule has 0 bridgehead atoms. The Labute approximate surface area is 194 Å². The van der Waals surface area contributed by atoms with Crippen molar-refractivity contribution in [3.05, 3.63) is 0 Å². The predicted molar refractivity (Wildman–Crippen MR) is 116 cm³/mol. The van der Waals surface area contributed by atoms with Gasteiger partial charge >= 0.3 is 0 Å². The van der Waals surface area contributed by atoms with Crippen LogP contribution in [0.1, 0.15) is 130 Å². The quantitative estimate of drug-likeness (QED) is 0.126. The van der Waals surface area contributed by atoms with Crippen molar-refractivity contribution < 1.29 is 38.3 Å². The zero-order chi connectivity index (χ0) is 23.1. The van der Waals surface area contributed by atoms with E-state index in [2.05, 4.69) is 27.7 Å². The molecular weight excluding hydrogens is 493 g/mol. The third-order valence-electron chi connectivity index (χ3n) is 5.94. The van der Waals surface area contributed by atoms with Gasteiger partial charge in [-0.05, 0) is 51.4 Å². The molecule has 6 heteroatoms. The van der Waals surface area contributed by atoms with Gasteiger partial charge < -0.3 is 4.48 Å². The Hall–Kier alpha value is 0.530. The van der Waals surface area contributed by atoms with E-state index in [1.54, 1.807) is 0 Å². The zero-order valence-corrected chi connectivity index (χ0v) is 22.8. The lowest BCUT2D eigenvalue weighted by Gasteiger charge is -2.39. The van der Waals surface area contributed by atoms with E-state index in [1.165, 1.54) is 133 Å². The fourth-order valence-corrected chi connectivity index (χ4v) is 4.17. The number of rotatable bonds is 20. The highest BCUT2D eigenvalue weighted by atomic mass is 127. The van der Waals surface area contributed by atoms with Crippen molar-refractivity contribution in [2.45, 2.75) is 130 Å². The monoisotopic (exact) mass is 545 g/mol. The first kappa shape index (κ1) is 32.7. The summed E-state index contributed by atoms with van der Waals surface area (Å²) in [6.07, 6.45) is 22.8. The molecule has 0 aliphatic heterocycles. The van der Waals surface area contributed by atoms with Crippen LogP contribution in [0.15, 0.2) is 0 Å². The van der Waals surface area contributed by atoms with Gasteiger partial charge in [-0.2, -0.15) is 0 Å². The fourth-order valence-electron chi connectivity index (χ4n) is 4.17. The van der Waals surface area contributed by atoms with Crippen LogP contribution in [-0.2, 0) is 0 Å². The van der Waals surface area contributed by atoms with Crippen molar-refractivity contribution in [2.75, 3.05) is 26.2 Å². The van der Waals surface area contributed by atoms with Crippen molar-refractivity contribution in [1.82, 2.24) is 0 Å². The van der Waals surface area contributed by atoms with Crippen LogP contribution in [0.5, 0.6) is 0 Å². The molecule has 0 aliphatic rings. The molecule has 0 saturated carbocycles. The molecule has 0 heterocycles. The summed E-state index contributed by atoms with van der Waals surface area (Å²) in [6.45, 7) is 15.2. The number of hydrogen-bond donors (Lipinski definition) is 0. The summed E-state index contributed by atoms with van der Waals surface area (Å²) in [5.74, 6) is 0. The molecule has 0 atom stereocenters. The molecule has 0 radical (unpaired) electrons. The first-order valence-corrected chi connectivity index (χ1v) is 16.2. The van der Waals surface area contributed by atoms with Gasteiger partial charge in [-0.15, -0.1) is 0 Å². The Kier molecular flexibility index (Phi) is 24.8. The van der Waals surface area contributed by atoms with Gasteiger partial charge in [-0.1, -0.05) is 79.1 Å². The van der Waals surface area contributed by atoms with E-state index in [1.807, 2.05) is 0 Å². The molecular formula is C24H52INO4. The van der Waals surface area contributed by atoms with Gasteiger partial charge in [-0.25, -0.2) is 0 Å². The van der Waals surface area contributed by atoms with Crippen molar-refractivity contribution in [3.8, 4) is 0 Å².